The quantitative estimate of drug-likeness (QED) is 0.304. The SMILES string of the molecule is CC1(C(=O)NCCO)COC(c2nc(-c3ccc(F)cc3)c(-c3ccnc(OCCCO)n3)[nH]2)OC1. The summed E-state index contributed by atoms with van der Waals surface area (Å²) in [6.07, 6.45) is 1.10. The van der Waals surface area contributed by atoms with E-state index in [-0.39, 0.29) is 57.3 Å². The van der Waals surface area contributed by atoms with Gasteiger partial charge in [0.1, 0.15) is 5.82 Å². The average Bonchev–Trinajstić information content (AvgIpc) is 3.34. The van der Waals surface area contributed by atoms with Crippen molar-refractivity contribution < 1.29 is 33.6 Å². The van der Waals surface area contributed by atoms with Gasteiger partial charge >= 0.3 is 6.01 Å². The van der Waals surface area contributed by atoms with Gasteiger partial charge in [-0.2, -0.15) is 4.98 Å². The summed E-state index contributed by atoms with van der Waals surface area (Å²) in [7, 11) is 0. The van der Waals surface area contributed by atoms with E-state index in [1.807, 2.05) is 0 Å². The smallest absolute Gasteiger partial charge is 0.316 e. The van der Waals surface area contributed by atoms with E-state index in [0.717, 1.165) is 0 Å². The number of nitrogens with zero attached hydrogens (tertiary/aromatic N) is 3. The number of imidazole rings is 1. The van der Waals surface area contributed by atoms with Crippen LogP contribution in [-0.4, -0.2) is 75.6 Å². The van der Waals surface area contributed by atoms with Crippen molar-refractivity contribution in [3.63, 3.8) is 0 Å². The molecule has 2 aromatic heterocycles. The standard InChI is InChI=1S/C24H28FN5O6/c1-24(22(33)26-9-11-32)13-35-21(36-14-24)20-29-18(15-3-5-16(25)6-4-15)19(30-20)17-7-8-27-23(28-17)34-12-2-10-31/h3-8,21,31-32H,2,9-14H2,1H3,(H,26,33)(H,29,30). The molecule has 0 radical (unpaired) electrons. The van der Waals surface area contributed by atoms with Crippen molar-refractivity contribution in [3.8, 4) is 28.7 Å². The minimum atomic E-state index is -0.922. The molecule has 0 saturated carbocycles. The highest BCUT2D eigenvalue weighted by Gasteiger charge is 2.40. The Morgan fingerprint density at radius 2 is 1.94 bits per heavy atom. The van der Waals surface area contributed by atoms with Crippen molar-refractivity contribution in [3.05, 3.63) is 48.2 Å². The summed E-state index contributed by atoms with van der Waals surface area (Å²) < 4.78 is 30.8. The summed E-state index contributed by atoms with van der Waals surface area (Å²) in [6.45, 7) is 2.10. The van der Waals surface area contributed by atoms with Crippen LogP contribution >= 0.6 is 0 Å². The number of nitrogens with one attached hydrogen (secondary N) is 2. The molecule has 1 fully saturated rings. The topological polar surface area (TPSA) is 152 Å². The van der Waals surface area contributed by atoms with Crippen LogP contribution in [-0.2, 0) is 14.3 Å². The van der Waals surface area contributed by atoms with Crippen LogP contribution in [0.15, 0.2) is 36.5 Å². The summed E-state index contributed by atoms with van der Waals surface area (Å²) in [5.41, 5.74) is 1.21. The first-order valence-corrected chi connectivity index (χ1v) is 11.5. The van der Waals surface area contributed by atoms with Gasteiger partial charge in [-0.25, -0.2) is 14.4 Å². The zero-order valence-electron chi connectivity index (χ0n) is 19.7. The molecule has 11 nitrogen and oxygen atoms in total. The number of H-pyrrole nitrogens is 1. The number of carbonyl (C=O) groups excluding carboxylic acids is 1. The van der Waals surface area contributed by atoms with Crippen molar-refractivity contribution in [2.45, 2.75) is 19.6 Å². The van der Waals surface area contributed by atoms with Crippen molar-refractivity contribution >= 4 is 5.91 Å². The zero-order chi connectivity index (χ0) is 25.5. The number of aromatic nitrogens is 4. The van der Waals surface area contributed by atoms with E-state index in [1.54, 1.807) is 25.1 Å². The highest BCUT2D eigenvalue weighted by atomic mass is 19.1. The second kappa shape index (κ2) is 11.5. The average molecular weight is 502 g/mol. The fourth-order valence-corrected chi connectivity index (χ4v) is 3.56. The lowest BCUT2D eigenvalue weighted by molar-refractivity contribution is -0.231. The summed E-state index contributed by atoms with van der Waals surface area (Å²) in [5, 5.41) is 20.6. The van der Waals surface area contributed by atoms with Gasteiger partial charge in [0, 0.05) is 31.3 Å². The van der Waals surface area contributed by atoms with Crippen molar-refractivity contribution in [2.75, 3.05) is 39.6 Å². The number of hydrogen-bond acceptors (Lipinski definition) is 9. The molecule has 1 aliphatic heterocycles. The van der Waals surface area contributed by atoms with E-state index in [4.69, 9.17) is 24.4 Å². The van der Waals surface area contributed by atoms with E-state index >= 15 is 0 Å². The van der Waals surface area contributed by atoms with Gasteiger partial charge in [0.25, 0.3) is 0 Å². The number of ether oxygens (including phenoxy) is 3. The van der Waals surface area contributed by atoms with Gasteiger partial charge in [0.2, 0.25) is 12.2 Å². The van der Waals surface area contributed by atoms with Gasteiger partial charge in [-0.15, -0.1) is 0 Å². The van der Waals surface area contributed by atoms with Crippen LogP contribution in [0.3, 0.4) is 0 Å². The fourth-order valence-electron chi connectivity index (χ4n) is 3.56. The molecule has 1 aliphatic rings. The number of hydrogen-bond donors (Lipinski definition) is 4. The van der Waals surface area contributed by atoms with Gasteiger partial charge in [-0.1, -0.05) is 0 Å². The van der Waals surface area contributed by atoms with E-state index in [9.17, 15) is 9.18 Å². The maximum atomic E-state index is 13.6. The summed E-state index contributed by atoms with van der Waals surface area (Å²) >= 11 is 0. The van der Waals surface area contributed by atoms with Crippen LogP contribution in [0.1, 0.15) is 25.5 Å². The minimum absolute atomic E-state index is 0.0121. The molecule has 4 N–H and O–H groups in total. The van der Waals surface area contributed by atoms with E-state index in [0.29, 0.717) is 34.9 Å². The van der Waals surface area contributed by atoms with Gasteiger partial charge < -0.3 is 34.7 Å². The summed E-state index contributed by atoms with van der Waals surface area (Å²) in [5.74, 6) is -0.310. The number of aliphatic hydroxyl groups is 2. The molecule has 3 heterocycles. The molecule has 0 unspecified atom stereocenters. The Hall–Kier alpha value is -3.45. The van der Waals surface area contributed by atoms with Crippen molar-refractivity contribution in [1.82, 2.24) is 25.3 Å². The number of aromatic amines is 1. The van der Waals surface area contributed by atoms with Crippen LogP contribution in [0.4, 0.5) is 4.39 Å². The Labute approximate surface area is 206 Å². The minimum Gasteiger partial charge on any atom is -0.463 e. The Balaban J connectivity index is 1.61. The number of amides is 1. The molecule has 12 heteroatoms. The molecular formula is C24H28FN5O6. The van der Waals surface area contributed by atoms with Crippen LogP contribution in [0.5, 0.6) is 6.01 Å². The monoisotopic (exact) mass is 501 g/mol. The first-order chi connectivity index (χ1) is 17.4. The Kier molecular flexibility index (Phi) is 8.21. The molecule has 0 bridgehead atoms. The third-order valence-electron chi connectivity index (χ3n) is 5.54. The van der Waals surface area contributed by atoms with Crippen molar-refractivity contribution in [2.24, 2.45) is 5.41 Å². The third-order valence-corrected chi connectivity index (χ3v) is 5.54. The molecule has 1 aromatic carbocycles. The van der Waals surface area contributed by atoms with Crippen molar-refractivity contribution in [1.29, 1.82) is 0 Å². The number of benzene rings is 1. The second-order valence-corrected chi connectivity index (χ2v) is 8.50. The van der Waals surface area contributed by atoms with E-state index in [2.05, 4.69) is 25.3 Å². The molecule has 0 aliphatic carbocycles. The lowest BCUT2D eigenvalue weighted by Gasteiger charge is -2.35. The largest absolute Gasteiger partial charge is 0.463 e. The molecule has 36 heavy (non-hydrogen) atoms. The van der Waals surface area contributed by atoms with Crippen LogP contribution in [0.25, 0.3) is 22.6 Å². The molecule has 4 rings (SSSR count). The first-order valence-electron chi connectivity index (χ1n) is 11.5. The third kappa shape index (κ3) is 5.85. The maximum Gasteiger partial charge on any atom is 0.316 e. The summed E-state index contributed by atoms with van der Waals surface area (Å²) in [6, 6.07) is 7.68. The van der Waals surface area contributed by atoms with Crippen LogP contribution in [0, 0.1) is 11.2 Å². The number of carbonyl (C=O) groups is 1. The zero-order valence-corrected chi connectivity index (χ0v) is 19.7. The highest BCUT2D eigenvalue weighted by Crippen LogP contribution is 2.35. The molecule has 3 aromatic rings. The predicted octanol–water partition coefficient (Wildman–Crippen LogP) is 1.59. The predicted molar refractivity (Wildman–Crippen MR) is 125 cm³/mol. The summed E-state index contributed by atoms with van der Waals surface area (Å²) in [4.78, 5) is 28.8. The molecule has 0 atom stereocenters. The lowest BCUT2D eigenvalue weighted by atomic mass is 9.91. The van der Waals surface area contributed by atoms with E-state index in [1.165, 1.54) is 18.3 Å². The van der Waals surface area contributed by atoms with Crippen LogP contribution < -0.4 is 10.1 Å². The van der Waals surface area contributed by atoms with Gasteiger partial charge in [-0.3, -0.25) is 4.79 Å². The first kappa shape index (κ1) is 25.6. The Bertz CT molecular complexity index is 1160. The van der Waals surface area contributed by atoms with E-state index < -0.39 is 11.7 Å². The molecule has 1 saturated heterocycles. The van der Waals surface area contributed by atoms with Crippen LogP contribution in [0.2, 0.25) is 0 Å². The fraction of sp³-hybridized carbons (Fsp3) is 0.417. The highest BCUT2D eigenvalue weighted by molar-refractivity contribution is 5.82. The lowest BCUT2D eigenvalue weighted by Crippen LogP contribution is -2.49. The van der Waals surface area contributed by atoms with Gasteiger partial charge in [0.05, 0.1) is 48.9 Å². The maximum absolute atomic E-state index is 13.6. The number of halogens is 1. The molecule has 192 valence electrons. The molecular weight excluding hydrogens is 473 g/mol. The Morgan fingerprint density at radius 3 is 2.64 bits per heavy atom. The Morgan fingerprint density at radius 1 is 1.19 bits per heavy atom. The molecule has 0 spiro atoms. The normalized spacial score (nSPS) is 19.7. The number of aliphatic hydroxyl groups excluding tert-OH is 2. The number of rotatable bonds is 10. The van der Waals surface area contributed by atoms with Gasteiger partial charge in [-0.05, 0) is 37.3 Å². The van der Waals surface area contributed by atoms with Gasteiger partial charge in [0.15, 0.2) is 5.82 Å². The second-order valence-electron chi connectivity index (χ2n) is 8.50. The molecule has 1 amide bonds.